The number of ether oxygens (including phenoxy) is 1. The van der Waals surface area contributed by atoms with Crippen LogP contribution in [0.1, 0.15) is 16.5 Å². The Kier molecular flexibility index (Phi) is 6.56. The summed E-state index contributed by atoms with van der Waals surface area (Å²) in [5, 5.41) is 8.44. The summed E-state index contributed by atoms with van der Waals surface area (Å²) in [6.07, 6.45) is 0. The molecule has 4 rings (SSSR count). The molecule has 1 atom stereocenters. The first-order chi connectivity index (χ1) is 14.3. The van der Waals surface area contributed by atoms with Crippen molar-refractivity contribution in [2.75, 3.05) is 43.1 Å². The molecule has 6 heteroatoms. The normalized spacial score (nSPS) is 15.1. The van der Waals surface area contributed by atoms with E-state index in [1.54, 1.807) is 11.3 Å². The van der Waals surface area contributed by atoms with Gasteiger partial charge in [0.15, 0.2) is 0 Å². The van der Waals surface area contributed by atoms with E-state index in [4.69, 9.17) is 4.74 Å². The summed E-state index contributed by atoms with van der Waals surface area (Å²) in [5.41, 5.74) is 3.12. The molecule has 1 fully saturated rings. The maximum Gasteiger partial charge on any atom is 0.238 e. The first kappa shape index (κ1) is 19.6. The molecule has 1 amide bonds. The average Bonchev–Trinajstić information content (AvgIpc) is 3.30. The largest absolute Gasteiger partial charge is 0.378 e. The van der Waals surface area contributed by atoms with Gasteiger partial charge in [0.25, 0.3) is 0 Å². The molecule has 1 aromatic heterocycles. The third-order valence-corrected chi connectivity index (χ3v) is 5.89. The second-order valence-electron chi connectivity index (χ2n) is 6.93. The zero-order valence-electron chi connectivity index (χ0n) is 16.2. The van der Waals surface area contributed by atoms with Gasteiger partial charge in [0.05, 0.1) is 25.8 Å². The highest BCUT2D eigenvalue weighted by molar-refractivity contribution is 7.10. The monoisotopic (exact) mass is 407 g/mol. The summed E-state index contributed by atoms with van der Waals surface area (Å²) in [7, 11) is 0. The van der Waals surface area contributed by atoms with Gasteiger partial charge in [-0.15, -0.1) is 11.3 Å². The lowest BCUT2D eigenvalue weighted by Gasteiger charge is -2.28. The van der Waals surface area contributed by atoms with E-state index in [2.05, 4.69) is 39.1 Å². The van der Waals surface area contributed by atoms with Crippen LogP contribution >= 0.6 is 11.3 Å². The van der Waals surface area contributed by atoms with E-state index in [9.17, 15) is 4.79 Å². The van der Waals surface area contributed by atoms with E-state index in [0.29, 0.717) is 0 Å². The number of amides is 1. The molecule has 2 heterocycles. The molecule has 0 bridgehead atoms. The van der Waals surface area contributed by atoms with Crippen LogP contribution < -0.4 is 15.5 Å². The van der Waals surface area contributed by atoms with E-state index in [0.717, 1.165) is 43.2 Å². The number of nitrogens with one attached hydrogen (secondary N) is 2. The Morgan fingerprint density at radius 3 is 2.45 bits per heavy atom. The molecule has 5 nitrogen and oxygen atoms in total. The number of carbonyl (C=O) groups is 1. The van der Waals surface area contributed by atoms with Crippen molar-refractivity contribution in [1.29, 1.82) is 0 Å². The van der Waals surface area contributed by atoms with Gasteiger partial charge >= 0.3 is 0 Å². The lowest BCUT2D eigenvalue weighted by molar-refractivity contribution is -0.115. The summed E-state index contributed by atoms with van der Waals surface area (Å²) in [5.74, 6) is -0.0541. The molecule has 29 heavy (non-hydrogen) atoms. The highest BCUT2D eigenvalue weighted by Gasteiger charge is 2.16. The molecule has 0 spiro atoms. The lowest BCUT2D eigenvalue weighted by atomic mass is 10.1. The van der Waals surface area contributed by atoms with E-state index in [1.165, 1.54) is 4.88 Å². The number of morpholine rings is 1. The van der Waals surface area contributed by atoms with Crippen LogP contribution in [0.15, 0.2) is 72.1 Å². The van der Waals surface area contributed by atoms with Gasteiger partial charge in [-0.1, -0.05) is 36.4 Å². The van der Waals surface area contributed by atoms with Gasteiger partial charge in [-0.3, -0.25) is 10.1 Å². The minimum Gasteiger partial charge on any atom is -0.378 e. The predicted molar refractivity (Wildman–Crippen MR) is 119 cm³/mol. The van der Waals surface area contributed by atoms with E-state index in [-0.39, 0.29) is 18.5 Å². The average molecular weight is 408 g/mol. The van der Waals surface area contributed by atoms with Crippen LogP contribution in [0.3, 0.4) is 0 Å². The maximum absolute atomic E-state index is 12.5. The number of hydrogen-bond donors (Lipinski definition) is 2. The van der Waals surface area contributed by atoms with Crippen LogP contribution in [0.5, 0.6) is 0 Å². The Bertz CT molecular complexity index is 892. The summed E-state index contributed by atoms with van der Waals surface area (Å²) < 4.78 is 5.40. The SMILES string of the molecule is O=C(CN[C@H](c1ccccc1)c1cccs1)Nc1ccc(N2CCOCC2)cc1. The summed E-state index contributed by atoms with van der Waals surface area (Å²) in [4.78, 5) is 16.0. The predicted octanol–water partition coefficient (Wildman–Crippen LogP) is 3.90. The van der Waals surface area contributed by atoms with Gasteiger partial charge in [-0.05, 0) is 41.3 Å². The first-order valence-corrected chi connectivity index (χ1v) is 10.7. The Hall–Kier alpha value is -2.67. The summed E-state index contributed by atoms with van der Waals surface area (Å²) in [6, 6.07) is 22.4. The van der Waals surface area contributed by atoms with Gasteiger partial charge in [0, 0.05) is 29.3 Å². The summed E-state index contributed by atoms with van der Waals surface area (Å²) in [6.45, 7) is 3.56. The number of rotatable bonds is 7. The molecule has 2 N–H and O–H groups in total. The third-order valence-electron chi connectivity index (χ3n) is 4.95. The Morgan fingerprint density at radius 1 is 1.00 bits per heavy atom. The molecule has 0 saturated carbocycles. The molecule has 0 unspecified atom stereocenters. The highest BCUT2D eigenvalue weighted by Crippen LogP contribution is 2.25. The zero-order chi connectivity index (χ0) is 19.9. The Balaban J connectivity index is 1.35. The van der Waals surface area contributed by atoms with Crippen molar-refractivity contribution in [2.45, 2.75) is 6.04 Å². The van der Waals surface area contributed by atoms with Crippen LogP contribution in [0.4, 0.5) is 11.4 Å². The minimum absolute atomic E-state index is 0.00523. The second kappa shape index (κ2) is 9.69. The van der Waals surface area contributed by atoms with Crippen LogP contribution in [0.25, 0.3) is 0 Å². The fraction of sp³-hybridized carbons (Fsp3) is 0.261. The van der Waals surface area contributed by atoms with Gasteiger partial charge in [-0.25, -0.2) is 0 Å². The second-order valence-corrected chi connectivity index (χ2v) is 7.91. The molecule has 1 aliphatic heterocycles. The lowest BCUT2D eigenvalue weighted by Crippen LogP contribution is -2.36. The molecule has 150 valence electrons. The van der Waals surface area contributed by atoms with Gasteiger partial charge < -0.3 is 15.0 Å². The fourth-order valence-corrected chi connectivity index (χ4v) is 4.29. The Labute approximate surface area is 175 Å². The van der Waals surface area contributed by atoms with Gasteiger partial charge in [-0.2, -0.15) is 0 Å². The molecule has 0 aliphatic carbocycles. The first-order valence-electron chi connectivity index (χ1n) is 9.84. The fourth-order valence-electron chi connectivity index (χ4n) is 3.46. The van der Waals surface area contributed by atoms with Crippen molar-refractivity contribution in [1.82, 2.24) is 5.32 Å². The van der Waals surface area contributed by atoms with E-state index in [1.807, 2.05) is 48.5 Å². The third kappa shape index (κ3) is 5.23. The van der Waals surface area contributed by atoms with Crippen molar-refractivity contribution in [2.24, 2.45) is 0 Å². The minimum atomic E-state index is -0.0541. The van der Waals surface area contributed by atoms with Gasteiger partial charge in [0.2, 0.25) is 5.91 Å². The molecular formula is C23H25N3O2S. The van der Waals surface area contributed by atoms with Crippen LogP contribution in [-0.2, 0) is 9.53 Å². The molecular weight excluding hydrogens is 382 g/mol. The van der Waals surface area contributed by atoms with Crippen molar-refractivity contribution in [3.8, 4) is 0 Å². The topological polar surface area (TPSA) is 53.6 Å². The molecule has 3 aromatic rings. The smallest absolute Gasteiger partial charge is 0.238 e. The molecule has 1 saturated heterocycles. The Morgan fingerprint density at radius 2 is 1.76 bits per heavy atom. The molecule has 1 aliphatic rings. The number of nitrogens with zero attached hydrogens (tertiary/aromatic N) is 1. The number of anilines is 2. The summed E-state index contributed by atoms with van der Waals surface area (Å²) >= 11 is 1.69. The van der Waals surface area contributed by atoms with E-state index >= 15 is 0 Å². The van der Waals surface area contributed by atoms with Crippen LogP contribution in [0.2, 0.25) is 0 Å². The number of thiophene rings is 1. The van der Waals surface area contributed by atoms with Crippen molar-refractivity contribution < 1.29 is 9.53 Å². The molecule has 0 radical (unpaired) electrons. The molecule has 2 aromatic carbocycles. The van der Waals surface area contributed by atoms with Crippen LogP contribution in [0, 0.1) is 0 Å². The van der Waals surface area contributed by atoms with E-state index < -0.39 is 0 Å². The van der Waals surface area contributed by atoms with Crippen molar-refractivity contribution in [3.63, 3.8) is 0 Å². The zero-order valence-corrected chi connectivity index (χ0v) is 17.0. The van der Waals surface area contributed by atoms with Crippen LogP contribution in [-0.4, -0.2) is 38.8 Å². The van der Waals surface area contributed by atoms with Crippen molar-refractivity contribution in [3.05, 3.63) is 82.6 Å². The van der Waals surface area contributed by atoms with Gasteiger partial charge in [0.1, 0.15) is 0 Å². The maximum atomic E-state index is 12.5. The number of hydrogen-bond acceptors (Lipinski definition) is 5. The standard InChI is InChI=1S/C23H25N3O2S/c27-22(25-19-8-10-20(11-9-19)26-12-14-28-15-13-26)17-24-23(21-7-4-16-29-21)18-5-2-1-3-6-18/h1-11,16,23-24H,12-15,17H2,(H,25,27)/t23-/m1/s1. The number of carbonyl (C=O) groups excluding carboxylic acids is 1. The quantitative estimate of drug-likeness (QED) is 0.624. The van der Waals surface area contributed by atoms with Crippen molar-refractivity contribution >= 4 is 28.6 Å². The highest BCUT2D eigenvalue weighted by atomic mass is 32.1. The number of benzene rings is 2.